The Morgan fingerprint density at radius 1 is 1.00 bits per heavy atom. The molecule has 6 nitrogen and oxygen atoms in total. The molecule has 0 radical (unpaired) electrons. The van der Waals surface area contributed by atoms with E-state index < -0.39 is 0 Å². The van der Waals surface area contributed by atoms with Gasteiger partial charge in [-0.15, -0.1) is 0 Å². The molecule has 38 heavy (non-hydrogen) atoms. The van der Waals surface area contributed by atoms with Gasteiger partial charge in [-0.2, -0.15) is 0 Å². The van der Waals surface area contributed by atoms with Crippen LogP contribution in [-0.2, 0) is 4.79 Å². The van der Waals surface area contributed by atoms with Gasteiger partial charge in [-0.25, -0.2) is 0 Å². The predicted octanol–water partition coefficient (Wildman–Crippen LogP) is 6.11. The molecule has 1 fully saturated rings. The van der Waals surface area contributed by atoms with Gasteiger partial charge in [0.05, 0.1) is 17.8 Å². The lowest BCUT2D eigenvalue weighted by Gasteiger charge is -2.28. The van der Waals surface area contributed by atoms with Crippen LogP contribution in [-0.4, -0.2) is 32.0 Å². The van der Waals surface area contributed by atoms with E-state index in [-0.39, 0.29) is 18.0 Å². The van der Waals surface area contributed by atoms with Crippen molar-refractivity contribution in [3.63, 3.8) is 0 Å². The van der Waals surface area contributed by atoms with Crippen LogP contribution in [0.4, 0.5) is 5.69 Å². The molecule has 5 rings (SSSR count). The normalized spacial score (nSPS) is 16.9. The zero-order valence-corrected chi connectivity index (χ0v) is 23.0. The van der Waals surface area contributed by atoms with Gasteiger partial charge in [0.25, 0.3) is 0 Å². The van der Waals surface area contributed by atoms with Crippen LogP contribution in [0.2, 0.25) is 0 Å². The summed E-state index contributed by atoms with van der Waals surface area (Å²) in [6.07, 6.45) is 2.13. The summed E-state index contributed by atoms with van der Waals surface area (Å²) in [6, 6.07) is 24.3. The maximum atomic E-state index is 12.9. The number of para-hydroxylation sites is 1. The molecule has 1 saturated heterocycles. The maximum absolute atomic E-state index is 12.9. The number of carbonyl (C=O) groups excluding carboxylic acids is 1. The number of nitrogens with one attached hydrogen (secondary N) is 2. The fourth-order valence-electron chi connectivity index (χ4n) is 5.31. The molecule has 1 aliphatic heterocycles. The summed E-state index contributed by atoms with van der Waals surface area (Å²) in [6.45, 7) is 8.87. The highest BCUT2D eigenvalue weighted by atomic mass is 32.1. The molecule has 1 aliphatic rings. The summed E-state index contributed by atoms with van der Waals surface area (Å²) in [4.78, 5) is 19.7. The van der Waals surface area contributed by atoms with Crippen LogP contribution in [0.15, 0.2) is 79.0 Å². The Morgan fingerprint density at radius 3 is 2.45 bits per heavy atom. The quantitative estimate of drug-likeness (QED) is 0.286. The van der Waals surface area contributed by atoms with Gasteiger partial charge in [0, 0.05) is 41.9 Å². The number of aryl methyl sites for hydroxylation is 3. The molecule has 0 bridgehead atoms. The summed E-state index contributed by atoms with van der Waals surface area (Å²) < 4.78 is 2.29. The van der Waals surface area contributed by atoms with Crippen molar-refractivity contribution in [2.24, 2.45) is 0 Å². The van der Waals surface area contributed by atoms with E-state index in [2.05, 4.69) is 76.2 Å². The number of pyridine rings is 1. The van der Waals surface area contributed by atoms with E-state index in [1.807, 2.05) is 55.6 Å². The minimum absolute atomic E-state index is 0.0349. The van der Waals surface area contributed by atoms with Crippen molar-refractivity contribution < 1.29 is 4.79 Å². The van der Waals surface area contributed by atoms with Gasteiger partial charge < -0.3 is 20.1 Å². The second-order valence-corrected chi connectivity index (χ2v) is 10.3. The fourth-order valence-corrected chi connectivity index (χ4v) is 5.64. The number of rotatable bonds is 7. The first kappa shape index (κ1) is 25.7. The van der Waals surface area contributed by atoms with Gasteiger partial charge in [0.15, 0.2) is 5.11 Å². The Labute approximate surface area is 229 Å². The number of hydrogen-bond donors (Lipinski definition) is 2. The molecule has 4 aromatic rings. The van der Waals surface area contributed by atoms with E-state index in [1.54, 1.807) is 0 Å². The van der Waals surface area contributed by atoms with E-state index in [9.17, 15) is 4.79 Å². The lowest BCUT2D eigenvalue weighted by atomic mass is 9.96. The number of thiocarbonyl (C=S) groups is 1. The first-order valence-electron chi connectivity index (χ1n) is 12.9. The van der Waals surface area contributed by atoms with Crippen molar-refractivity contribution in [3.05, 3.63) is 113 Å². The Balaban J connectivity index is 1.47. The summed E-state index contributed by atoms with van der Waals surface area (Å²) >= 11 is 5.84. The van der Waals surface area contributed by atoms with Gasteiger partial charge in [-0.05, 0) is 87.4 Å². The average molecular weight is 524 g/mol. The van der Waals surface area contributed by atoms with E-state index >= 15 is 0 Å². The van der Waals surface area contributed by atoms with Crippen molar-refractivity contribution >= 4 is 28.9 Å². The second-order valence-electron chi connectivity index (χ2n) is 9.93. The van der Waals surface area contributed by atoms with Crippen LogP contribution in [0.1, 0.15) is 52.3 Å². The summed E-state index contributed by atoms with van der Waals surface area (Å²) in [5, 5.41) is 7.19. The minimum atomic E-state index is -0.130. The largest absolute Gasteiger partial charge is 0.352 e. The van der Waals surface area contributed by atoms with Crippen LogP contribution >= 0.6 is 12.2 Å². The van der Waals surface area contributed by atoms with Gasteiger partial charge in [-0.3, -0.25) is 9.78 Å². The summed E-state index contributed by atoms with van der Waals surface area (Å²) in [5.74, 6) is -0.0349. The Morgan fingerprint density at radius 2 is 1.74 bits per heavy atom. The standard InChI is InChI=1S/C31H33N5OS/c1-20-12-14-24(15-13-20)36-22(3)19-25(23(36)4)30-29(27-11-7-8-17-32-27)34-31(38)35(30)18-16-28(37)33-26-10-6-5-9-21(26)2/h5-15,17,19,29-30H,16,18H2,1-4H3,(H,33,37)(H,34,38)/t29-,30-/m0/s1. The highest BCUT2D eigenvalue weighted by molar-refractivity contribution is 7.80. The smallest absolute Gasteiger partial charge is 0.226 e. The average Bonchev–Trinajstić information content (AvgIpc) is 3.39. The zero-order chi connectivity index (χ0) is 26.8. The van der Waals surface area contributed by atoms with Crippen molar-refractivity contribution in [1.29, 1.82) is 0 Å². The number of amides is 1. The Hall–Kier alpha value is -3.97. The lowest BCUT2D eigenvalue weighted by molar-refractivity contribution is -0.116. The summed E-state index contributed by atoms with van der Waals surface area (Å²) in [7, 11) is 0. The number of carbonyl (C=O) groups is 1. The topological polar surface area (TPSA) is 62.2 Å². The van der Waals surface area contributed by atoms with Crippen LogP contribution in [0.25, 0.3) is 5.69 Å². The molecule has 2 aromatic heterocycles. The van der Waals surface area contributed by atoms with E-state index in [4.69, 9.17) is 12.2 Å². The Bertz CT molecular complexity index is 1460. The van der Waals surface area contributed by atoms with Crippen LogP contribution in [0.5, 0.6) is 0 Å². The molecule has 2 aromatic carbocycles. The maximum Gasteiger partial charge on any atom is 0.226 e. The van der Waals surface area contributed by atoms with Crippen molar-refractivity contribution in [2.75, 3.05) is 11.9 Å². The molecule has 3 heterocycles. The number of nitrogens with zero attached hydrogens (tertiary/aromatic N) is 3. The van der Waals surface area contributed by atoms with Crippen molar-refractivity contribution in [1.82, 2.24) is 19.8 Å². The number of hydrogen-bond acceptors (Lipinski definition) is 3. The highest BCUT2D eigenvalue weighted by Crippen LogP contribution is 2.41. The molecule has 2 N–H and O–H groups in total. The Kier molecular flexibility index (Phi) is 7.29. The molecular weight excluding hydrogens is 490 g/mol. The van der Waals surface area contributed by atoms with Crippen molar-refractivity contribution in [3.8, 4) is 5.69 Å². The van der Waals surface area contributed by atoms with Gasteiger partial charge >= 0.3 is 0 Å². The van der Waals surface area contributed by atoms with E-state index in [0.29, 0.717) is 18.1 Å². The number of benzene rings is 2. The molecule has 7 heteroatoms. The van der Waals surface area contributed by atoms with E-state index in [0.717, 1.165) is 34.0 Å². The van der Waals surface area contributed by atoms with E-state index in [1.165, 1.54) is 11.1 Å². The predicted molar refractivity (Wildman–Crippen MR) is 157 cm³/mol. The number of aromatic nitrogens is 2. The van der Waals surface area contributed by atoms with Gasteiger partial charge in [-0.1, -0.05) is 42.0 Å². The third-order valence-corrected chi connectivity index (χ3v) is 7.63. The highest BCUT2D eigenvalue weighted by Gasteiger charge is 2.41. The van der Waals surface area contributed by atoms with Crippen LogP contribution in [0, 0.1) is 27.7 Å². The molecule has 0 saturated carbocycles. The molecule has 0 spiro atoms. The van der Waals surface area contributed by atoms with Crippen LogP contribution in [0.3, 0.4) is 0 Å². The zero-order valence-electron chi connectivity index (χ0n) is 22.2. The SMILES string of the molecule is Cc1ccc(-n2c(C)cc([C@H]3[C@H](c4ccccn4)NC(=S)N3CCC(=O)Nc3ccccc3C)c2C)cc1. The van der Waals surface area contributed by atoms with Gasteiger partial charge in [0.1, 0.15) is 0 Å². The lowest BCUT2D eigenvalue weighted by Crippen LogP contribution is -2.33. The minimum Gasteiger partial charge on any atom is -0.352 e. The number of anilines is 1. The monoisotopic (exact) mass is 523 g/mol. The molecule has 0 unspecified atom stereocenters. The molecule has 1 amide bonds. The third kappa shape index (κ3) is 5.07. The molecule has 2 atom stereocenters. The molecular formula is C31H33N5OS. The fraction of sp³-hybridized carbons (Fsp3) is 0.258. The first-order chi connectivity index (χ1) is 18.3. The molecule has 0 aliphatic carbocycles. The third-order valence-electron chi connectivity index (χ3n) is 7.28. The summed E-state index contributed by atoms with van der Waals surface area (Å²) in [5.41, 5.74) is 8.63. The van der Waals surface area contributed by atoms with Gasteiger partial charge in [0.2, 0.25) is 5.91 Å². The molecule has 194 valence electrons. The second kappa shape index (κ2) is 10.8. The van der Waals surface area contributed by atoms with Crippen molar-refractivity contribution in [2.45, 2.75) is 46.2 Å². The van der Waals surface area contributed by atoms with Crippen LogP contribution < -0.4 is 10.6 Å². The first-order valence-corrected chi connectivity index (χ1v) is 13.3.